The SMILES string of the molecule is Cc1ccc(Cl)cc1NC(=O)c1ccccc1N1C(=O)[C@@H]2[C@H]3C=C[C@@H]([C@@H]4C[C@H]34)[C@@H]2C1=O. The molecule has 6 atom stereocenters. The standard InChI is InChI=1S/C25H21ClN2O3/c1-12-6-7-13(26)10-19(12)27-23(29)16-4-2-3-5-20(16)28-24(30)21-14-8-9-15(18-11-17(14)18)22(21)25(28)31/h2-10,14-15,17-18,21-22H,11H2,1H3,(H,27,29)/t14-,15-,17-,18+,21-,22+/m0/s1. The molecule has 3 amide bonds. The second-order valence-electron chi connectivity index (χ2n) is 9.10. The zero-order valence-electron chi connectivity index (χ0n) is 16.9. The van der Waals surface area contributed by atoms with Gasteiger partial charge in [0.1, 0.15) is 0 Å². The van der Waals surface area contributed by atoms with Crippen molar-refractivity contribution in [2.75, 3.05) is 10.2 Å². The Kier molecular flexibility index (Phi) is 3.97. The van der Waals surface area contributed by atoms with E-state index in [-0.39, 0.29) is 41.4 Å². The maximum Gasteiger partial charge on any atom is 0.257 e. The fourth-order valence-corrected chi connectivity index (χ4v) is 6.15. The Morgan fingerprint density at radius 2 is 1.65 bits per heavy atom. The number of halogens is 1. The third kappa shape index (κ3) is 2.66. The molecule has 31 heavy (non-hydrogen) atoms. The second kappa shape index (κ2) is 6.54. The van der Waals surface area contributed by atoms with E-state index in [9.17, 15) is 14.4 Å². The van der Waals surface area contributed by atoms with Crippen LogP contribution in [0.5, 0.6) is 0 Å². The number of imide groups is 1. The van der Waals surface area contributed by atoms with Crippen LogP contribution in [-0.4, -0.2) is 17.7 Å². The summed E-state index contributed by atoms with van der Waals surface area (Å²) in [5.41, 5.74) is 2.13. The number of allylic oxidation sites excluding steroid dienone is 2. The molecular formula is C25H21ClN2O3. The molecule has 0 unspecified atom stereocenters. The molecule has 0 aromatic heterocycles. The van der Waals surface area contributed by atoms with Crippen molar-refractivity contribution in [1.82, 2.24) is 0 Å². The van der Waals surface area contributed by atoms with Gasteiger partial charge in [-0.05, 0) is 66.8 Å². The van der Waals surface area contributed by atoms with E-state index in [4.69, 9.17) is 11.6 Å². The molecule has 5 nitrogen and oxygen atoms in total. The molecule has 1 saturated heterocycles. The first-order valence-electron chi connectivity index (χ1n) is 10.7. The number of rotatable bonds is 3. The lowest BCUT2D eigenvalue weighted by Gasteiger charge is -2.37. The van der Waals surface area contributed by atoms with Crippen molar-refractivity contribution in [3.05, 3.63) is 70.8 Å². The molecule has 156 valence electrons. The molecule has 0 radical (unpaired) electrons. The predicted molar refractivity (Wildman–Crippen MR) is 118 cm³/mol. The van der Waals surface area contributed by atoms with E-state index < -0.39 is 0 Å². The van der Waals surface area contributed by atoms with E-state index in [2.05, 4.69) is 17.5 Å². The Bertz CT molecular complexity index is 1150. The Hall–Kier alpha value is -2.92. The summed E-state index contributed by atoms with van der Waals surface area (Å²) in [7, 11) is 0. The zero-order valence-corrected chi connectivity index (χ0v) is 17.7. The van der Waals surface area contributed by atoms with Gasteiger partial charge >= 0.3 is 0 Å². The monoisotopic (exact) mass is 432 g/mol. The van der Waals surface area contributed by atoms with Gasteiger partial charge in [0.15, 0.2) is 0 Å². The van der Waals surface area contributed by atoms with Crippen LogP contribution >= 0.6 is 11.6 Å². The zero-order chi connectivity index (χ0) is 21.4. The summed E-state index contributed by atoms with van der Waals surface area (Å²) in [6, 6.07) is 12.1. The van der Waals surface area contributed by atoms with Crippen molar-refractivity contribution in [2.24, 2.45) is 35.5 Å². The summed E-state index contributed by atoms with van der Waals surface area (Å²) in [5.74, 6) is 0.0796. The number of anilines is 2. The highest BCUT2D eigenvalue weighted by molar-refractivity contribution is 6.31. The Morgan fingerprint density at radius 1 is 1.00 bits per heavy atom. The van der Waals surface area contributed by atoms with Crippen LogP contribution in [0, 0.1) is 42.4 Å². The number of benzene rings is 2. The molecule has 1 heterocycles. The van der Waals surface area contributed by atoms with Gasteiger partial charge in [0, 0.05) is 10.7 Å². The summed E-state index contributed by atoms with van der Waals surface area (Å²) in [6.07, 6.45) is 5.41. The lowest BCUT2D eigenvalue weighted by atomic mass is 9.63. The van der Waals surface area contributed by atoms with Crippen molar-refractivity contribution in [3.8, 4) is 0 Å². The number of aryl methyl sites for hydroxylation is 1. The van der Waals surface area contributed by atoms with Crippen LogP contribution in [0.15, 0.2) is 54.6 Å². The van der Waals surface area contributed by atoms with E-state index in [1.54, 1.807) is 36.4 Å². The molecule has 6 heteroatoms. The minimum Gasteiger partial charge on any atom is -0.322 e. The molecule has 3 fully saturated rings. The first kappa shape index (κ1) is 18.8. The van der Waals surface area contributed by atoms with Crippen LogP contribution in [0.1, 0.15) is 22.3 Å². The summed E-state index contributed by atoms with van der Waals surface area (Å²) >= 11 is 6.08. The average Bonchev–Trinajstić information content (AvgIpc) is 3.54. The van der Waals surface area contributed by atoms with Crippen LogP contribution in [0.2, 0.25) is 5.02 Å². The Morgan fingerprint density at radius 3 is 2.32 bits per heavy atom. The van der Waals surface area contributed by atoms with Gasteiger partial charge in [-0.3, -0.25) is 14.4 Å². The molecule has 4 aliphatic carbocycles. The smallest absolute Gasteiger partial charge is 0.257 e. The van der Waals surface area contributed by atoms with Crippen LogP contribution < -0.4 is 10.2 Å². The Labute approximate surface area is 185 Å². The number of nitrogens with zero attached hydrogens (tertiary/aromatic N) is 1. The first-order valence-corrected chi connectivity index (χ1v) is 11.1. The van der Waals surface area contributed by atoms with E-state index in [0.717, 1.165) is 12.0 Å². The molecule has 1 aliphatic heterocycles. The van der Waals surface area contributed by atoms with Crippen LogP contribution in [0.4, 0.5) is 11.4 Å². The van der Waals surface area contributed by atoms with Gasteiger partial charge in [-0.25, -0.2) is 4.90 Å². The molecule has 2 bridgehead atoms. The van der Waals surface area contributed by atoms with Crippen LogP contribution in [-0.2, 0) is 9.59 Å². The largest absolute Gasteiger partial charge is 0.322 e. The highest BCUT2D eigenvalue weighted by Gasteiger charge is 2.67. The maximum atomic E-state index is 13.5. The normalized spacial score (nSPS) is 32.1. The minimum absolute atomic E-state index is 0.150. The fraction of sp³-hybridized carbons (Fsp3) is 0.320. The molecule has 2 saturated carbocycles. The van der Waals surface area contributed by atoms with Crippen molar-refractivity contribution >= 4 is 40.7 Å². The predicted octanol–water partition coefficient (Wildman–Crippen LogP) is 4.46. The summed E-state index contributed by atoms with van der Waals surface area (Å²) in [4.78, 5) is 41.4. The van der Waals surface area contributed by atoms with Gasteiger partial charge in [-0.15, -0.1) is 0 Å². The number of hydrogen-bond donors (Lipinski definition) is 1. The third-order valence-corrected chi connectivity index (χ3v) is 7.74. The van der Waals surface area contributed by atoms with Gasteiger partial charge < -0.3 is 5.32 Å². The lowest BCUT2D eigenvalue weighted by Crippen LogP contribution is -2.40. The summed E-state index contributed by atoms with van der Waals surface area (Å²) in [6.45, 7) is 1.88. The molecule has 0 spiro atoms. The number of para-hydroxylation sites is 1. The fourth-order valence-electron chi connectivity index (χ4n) is 5.97. The topological polar surface area (TPSA) is 66.5 Å². The van der Waals surface area contributed by atoms with Crippen molar-refractivity contribution in [3.63, 3.8) is 0 Å². The van der Waals surface area contributed by atoms with E-state index >= 15 is 0 Å². The van der Waals surface area contributed by atoms with Gasteiger partial charge in [0.2, 0.25) is 11.8 Å². The molecule has 2 aromatic carbocycles. The minimum atomic E-state index is -0.375. The number of hydrogen-bond acceptors (Lipinski definition) is 3. The lowest BCUT2D eigenvalue weighted by molar-refractivity contribution is -0.124. The molecule has 5 aliphatic rings. The van der Waals surface area contributed by atoms with E-state index in [1.165, 1.54) is 4.90 Å². The highest BCUT2D eigenvalue weighted by atomic mass is 35.5. The van der Waals surface area contributed by atoms with Crippen molar-refractivity contribution < 1.29 is 14.4 Å². The Balaban J connectivity index is 1.35. The van der Waals surface area contributed by atoms with Crippen LogP contribution in [0.3, 0.4) is 0 Å². The number of nitrogens with one attached hydrogen (secondary N) is 1. The van der Waals surface area contributed by atoms with Gasteiger partial charge in [-0.1, -0.05) is 42.0 Å². The molecule has 2 aromatic rings. The van der Waals surface area contributed by atoms with Gasteiger partial charge in [0.05, 0.1) is 23.1 Å². The second-order valence-corrected chi connectivity index (χ2v) is 9.53. The maximum absolute atomic E-state index is 13.5. The van der Waals surface area contributed by atoms with E-state index in [0.29, 0.717) is 33.8 Å². The summed E-state index contributed by atoms with van der Waals surface area (Å²) < 4.78 is 0. The number of carbonyl (C=O) groups is 3. The first-order chi connectivity index (χ1) is 15.0. The third-order valence-electron chi connectivity index (χ3n) is 7.50. The molecule has 7 rings (SSSR count). The van der Waals surface area contributed by atoms with Gasteiger partial charge in [0.25, 0.3) is 5.91 Å². The number of carbonyl (C=O) groups excluding carboxylic acids is 3. The van der Waals surface area contributed by atoms with Crippen LogP contribution in [0.25, 0.3) is 0 Å². The number of amides is 3. The summed E-state index contributed by atoms with van der Waals surface area (Å²) in [5, 5.41) is 3.40. The van der Waals surface area contributed by atoms with Gasteiger partial charge in [-0.2, -0.15) is 0 Å². The van der Waals surface area contributed by atoms with Crippen molar-refractivity contribution in [2.45, 2.75) is 13.3 Å². The highest BCUT2D eigenvalue weighted by Crippen LogP contribution is 2.65. The molecule has 1 N–H and O–H groups in total. The average molecular weight is 433 g/mol. The molecular weight excluding hydrogens is 412 g/mol. The quantitative estimate of drug-likeness (QED) is 0.575. The van der Waals surface area contributed by atoms with Crippen molar-refractivity contribution in [1.29, 1.82) is 0 Å². The van der Waals surface area contributed by atoms with E-state index in [1.807, 2.05) is 13.0 Å².